The van der Waals surface area contributed by atoms with E-state index in [4.69, 9.17) is 0 Å². The van der Waals surface area contributed by atoms with Crippen molar-refractivity contribution < 1.29 is 8.42 Å². The van der Waals surface area contributed by atoms with Crippen LogP contribution < -0.4 is 10.0 Å². The number of likely N-dealkylation sites (N-methyl/N-ethyl adjacent to an activating group) is 1. The second kappa shape index (κ2) is 8.03. The lowest BCUT2D eigenvalue weighted by Crippen LogP contribution is -2.38. The van der Waals surface area contributed by atoms with Crippen LogP contribution in [0.4, 0.5) is 0 Å². The van der Waals surface area contributed by atoms with Gasteiger partial charge in [0.1, 0.15) is 4.90 Å². The molecular formula is C13H24BrN3O2S2. The summed E-state index contributed by atoms with van der Waals surface area (Å²) in [6, 6.07) is 2.23. The third-order valence-electron chi connectivity index (χ3n) is 3.13. The van der Waals surface area contributed by atoms with Crippen LogP contribution in [0.1, 0.15) is 25.6 Å². The quantitative estimate of drug-likeness (QED) is 0.705. The van der Waals surface area contributed by atoms with Gasteiger partial charge in [-0.3, -0.25) is 0 Å². The highest BCUT2D eigenvalue weighted by atomic mass is 79.9. The smallest absolute Gasteiger partial charge is 0.242 e. The molecule has 2 N–H and O–H groups in total. The van der Waals surface area contributed by atoms with Crippen LogP contribution >= 0.6 is 27.3 Å². The maximum atomic E-state index is 12.4. The topological polar surface area (TPSA) is 61.4 Å². The largest absolute Gasteiger partial charge is 0.310 e. The first-order valence-corrected chi connectivity index (χ1v) is 9.90. The van der Waals surface area contributed by atoms with Gasteiger partial charge in [-0.05, 0) is 43.0 Å². The molecule has 8 heteroatoms. The van der Waals surface area contributed by atoms with E-state index in [1.807, 2.05) is 25.9 Å². The summed E-state index contributed by atoms with van der Waals surface area (Å²) in [5.74, 6) is 0. The minimum absolute atomic E-state index is 0.138. The average Bonchev–Trinajstić information content (AvgIpc) is 2.75. The Morgan fingerprint density at radius 2 is 1.95 bits per heavy atom. The predicted octanol–water partition coefficient (Wildman–Crippen LogP) is 2.24. The first-order valence-electron chi connectivity index (χ1n) is 6.81. The maximum absolute atomic E-state index is 12.4. The summed E-state index contributed by atoms with van der Waals surface area (Å²) in [5.41, 5.74) is 0. The molecule has 21 heavy (non-hydrogen) atoms. The summed E-state index contributed by atoms with van der Waals surface area (Å²) in [6.45, 7) is 7.15. The van der Waals surface area contributed by atoms with Gasteiger partial charge in [-0.15, -0.1) is 11.3 Å². The summed E-state index contributed by atoms with van der Waals surface area (Å²) >= 11 is 4.81. The number of nitrogens with one attached hydrogen (secondary N) is 2. The molecule has 0 aliphatic carbocycles. The van der Waals surface area contributed by atoms with Crippen molar-refractivity contribution in [3.8, 4) is 0 Å². The van der Waals surface area contributed by atoms with Gasteiger partial charge < -0.3 is 10.2 Å². The standard InChI is InChI=1S/C13H24BrN3O2S2/c1-9(2)15-8-11-6-12(13(14)20-11)21(18,19)16-7-10(3)17(4)5/h6,9-10,15-16H,7-8H2,1-5H3. The maximum Gasteiger partial charge on any atom is 0.242 e. The van der Waals surface area contributed by atoms with Crippen LogP contribution in [0.25, 0.3) is 0 Å². The highest BCUT2D eigenvalue weighted by molar-refractivity contribution is 9.11. The van der Waals surface area contributed by atoms with Crippen molar-refractivity contribution in [2.45, 2.75) is 44.3 Å². The summed E-state index contributed by atoms with van der Waals surface area (Å²) in [6.07, 6.45) is 0. The van der Waals surface area contributed by atoms with Crippen molar-refractivity contribution in [1.29, 1.82) is 0 Å². The molecule has 1 rings (SSSR count). The highest BCUT2D eigenvalue weighted by Gasteiger charge is 2.21. The Labute approximate surface area is 140 Å². The molecular weight excluding hydrogens is 374 g/mol. The highest BCUT2D eigenvalue weighted by Crippen LogP contribution is 2.31. The Morgan fingerprint density at radius 1 is 1.33 bits per heavy atom. The molecule has 0 spiro atoms. The summed E-state index contributed by atoms with van der Waals surface area (Å²) in [4.78, 5) is 3.29. The zero-order chi connectivity index (χ0) is 16.2. The monoisotopic (exact) mass is 397 g/mol. The average molecular weight is 398 g/mol. The number of nitrogens with zero attached hydrogens (tertiary/aromatic N) is 1. The van der Waals surface area contributed by atoms with Gasteiger partial charge in [-0.2, -0.15) is 0 Å². The van der Waals surface area contributed by atoms with E-state index in [0.29, 0.717) is 27.8 Å². The molecule has 1 aromatic rings. The number of halogens is 1. The van der Waals surface area contributed by atoms with E-state index in [9.17, 15) is 8.42 Å². The molecule has 0 aliphatic heterocycles. The van der Waals surface area contributed by atoms with E-state index in [1.165, 1.54) is 11.3 Å². The van der Waals surface area contributed by atoms with E-state index in [2.05, 4.69) is 39.8 Å². The second-order valence-electron chi connectivity index (χ2n) is 5.55. The molecule has 1 unspecified atom stereocenters. The fourth-order valence-corrected chi connectivity index (χ4v) is 5.22. The second-order valence-corrected chi connectivity index (χ2v) is 9.74. The zero-order valence-corrected chi connectivity index (χ0v) is 16.3. The minimum atomic E-state index is -3.48. The Kier molecular flexibility index (Phi) is 7.29. The molecule has 0 amide bonds. The number of hydrogen-bond donors (Lipinski definition) is 2. The lowest BCUT2D eigenvalue weighted by atomic mass is 10.3. The van der Waals surface area contributed by atoms with Crippen LogP contribution in [0.2, 0.25) is 0 Å². The number of sulfonamides is 1. The number of thiophene rings is 1. The Balaban J connectivity index is 2.79. The summed E-state index contributed by atoms with van der Waals surface area (Å²) in [5, 5.41) is 3.29. The lowest BCUT2D eigenvalue weighted by molar-refractivity contribution is 0.314. The lowest BCUT2D eigenvalue weighted by Gasteiger charge is -2.19. The molecule has 0 fully saturated rings. The Hall–Kier alpha value is 0.01000. The summed E-state index contributed by atoms with van der Waals surface area (Å²) in [7, 11) is 0.373. The van der Waals surface area contributed by atoms with E-state index < -0.39 is 10.0 Å². The molecule has 122 valence electrons. The molecule has 0 bridgehead atoms. The van der Waals surface area contributed by atoms with Crippen molar-refractivity contribution in [3.05, 3.63) is 14.7 Å². The number of rotatable bonds is 8. The Morgan fingerprint density at radius 3 is 2.48 bits per heavy atom. The molecule has 0 aromatic carbocycles. The van der Waals surface area contributed by atoms with E-state index in [0.717, 1.165) is 4.88 Å². The molecule has 0 aliphatic rings. The van der Waals surface area contributed by atoms with Gasteiger partial charge in [0.2, 0.25) is 10.0 Å². The van der Waals surface area contributed by atoms with Gasteiger partial charge in [0.05, 0.1) is 3.79 Å². The summed E-state index contributed by atoms with van der Waals surface area (Å²) < 4.78 is 28.0. The van der Waals surface area contributed by atoms with Crippen molar-refractivity contribution in [1.82, 2.24) is 14.9 Å². The molecule has 0 radical (unpaired) electrons. The van der Waals surface area contributed by atoms with Crippen LogP contribution in [0, 0.1) is 0 Å². The Bertz CT molecular complexity index is 556. The van der Waals surface area contributed by atoms with Crippen LogP contribution in [-0.2, 0) is 16.6 Å². The third kappa shape index (κ3) is 5.96. The molecule has 1 aromatic heterocycles. The van der Waals surface area contributed by atoms with Gasteiger partial charge in [-0.25, -0.2) is 13.1 Å². The molecule has 1 heterocycles. The van der Waals surface area contributed by atoms with Crippen molar-refractivity contribution in [3.63, 3.8) is 0 Å². The van der Waals surface area contributed by atoms with Crippen molar-refractivity contribution in [2.75, 3.05) is 20.6 Å². The van der Waals surface area contributed by atoms with Crippen LogP contribution in [0.5, 0.6) is 0 Å². The first-order chi connectivity index (χ1) is 9.63. The van der Waals surface area contributed by atoms with Crippen LogP contribution in [0.3, 0.4) is 0 Å². The normalized spacial score (nSPS) is 14.1. The zero-order valence-electron chi connectivity index (χ0n) is 13.1. The fraction of sp³-hybridized carbons (Fsp3) is 0.692. The first kappa shape index (κ1) is 19.1. The van der Waals surface area contributed by atoms with Gasteiger partial charge in [0.15, 0.2) is 0 Å². The van der Waals surface area contributed by atoms with Gasteiger partial charge in [0.25, 0.3) is 0 Å². The SMILES string of the molecule is CC(C)NCc1cc(S(=O)(=O)NCC(C)N(C)C)c(Br)s1. The van der Waals surface area contributed by atoms with Crippen molar-refractivity contribution >= 4 is 37.3 Å². The van der Waals surface area contributed by atoms with E-state index in [1.54, 1.807) is 6.07 Å². The number of hydrogen-bond acceptors (Lipinski definition) is 5. The van der Waals surface area contributed by atoms with Gasteiger partial charge in [-0.1, -0.05) is 13.8 Å². The van der Waals surface area contributed by atoms with Crippen LogP contribution in [-0.4, -0.2) is 46.0 Å². The minimum Gasteiger partial charge on any atom is -0.310 e. The van der Waals surface area contributed by atoms with Crippen LogP contribution in [0.15, 0.2) is 14.7 Å². The van der Waals surface area contributed by atoms with Crippen molar-refractivity contribution in [2.24, 2.45) is 0 Å². The van der Waals surface area contributed by atoms with E-state index >= 15 is 0 Å². The molecule has 1 atom stereocenters. The van der Waals surface area contributed by atoms with Gasteiger partial charge >= 0.3 is 0 Å². The van der Waals surface area contributed by atoms with Gasteiger partial charge in [0, 0.05) is 30.1 Å². The fourth-order valence-electron chi connectivity index (χ4n) is 1.46. The van der Waals surface area contributed by atoms with E-state index in [-0.39, 0.29) is 6.04 Å². The molecule has 0 saturated carbocycles. The predicted molar refractivity (Wildman–Crippen MR) is 92.3 cm³/mol. The third-order valence-corrected chi connectivity index (χ3v) is 6.81. The molecule has 5 nitrogen and oxygen atoms in total. The molecule has 0 saturated heterocycles.